The Morgan fingerprint density at radius 3 is 1.55 bits per heavy atom. The van der Waals surface area contributed by atoms with Crippen LogP contribution in [-0.2, 0) is 0 Å². The van der Waals surface area contributed by atoms with Crippen LogP contribution in [0, 0.1) is 0 Å². The highest BCUT2D eigenvalue weighted by Gasteiger charge is 2.19. The van der Waals surface area contributed by atoms with E-state index < -0.39 is 0 Å². The number of para-hydroxylation sites is 1. The second kappa shape index (κ2) is 11.2. The third-order valence-electron chi connectivity index (χ3n) is 8.57. The molecule has 0 saturated heterocycles. The lowest BCUT2D eigenvalue weighted by atomic mass is 9.99. The molecule has 0 aliphatic heterocycles. The average molecular weight is 603 g/mol. The van der Waals surface area contributed by atoms with E-state index in [1.807, 2.05) is 72.8 Å². The standard InChI is InChI=1S/C42H26N4O/c1-3-10-27(11-4-1)28-18-20-29(21-19-28)30-22-24-32(25-23-30)40-44-39(31-12-5-2-6-13-31)45-41(46-40)34-15-9-17-37-38(34)35-26-33-14-7-8-16-36(33)43-42(35)47-37/h1-26H. The van der Waals surface area contributed by atoms with Crippen LogP contribution in [0.5, 0.6) is 0 Å². The fourth-order valence-corrected chi connectivity index (χ4v) is 6.18. The van der Waals surface area contributed by atoms with Gasteiger partial charge in [-0.25, -0.2) is 19.9 Å². The quantitative estimate of drug-likeness (QED) is 0.196. The Hall–Kier alpha value is -6.46. The third kappa shape index (κ3) is 4.91. The van der Waals surface area contributed by atoms with Crippen LogP contribution in [-0.4, -0.2) is 19.9 Å². The predicted molar refractivity (Wildman–Crippen MR) is 190 cm³/mol. The summed E-state index contributed by atoms with van der Waals surface area (Å²) in [6, 6.07) is 53.7. The highest BCUT2D eigenvalue weighted by Crippen LogP contribution is 2.37. The van der Waals surface area contributed by atoms with Gasteiger partial charge >= 0.3 is 0 Å². The van der Waals surface area contributed by atoms with E-state index in [2.05, 4.69) is 84.9 Å². The molecule has 220 valence electrons. The fraction of sp³-hybridized carbons (Fsp3) is 0. The first-order valence-corrected chi connectivity index (χ1v) is 15.6. The van der Waals surface area contributed by atoms with Gasteiger partial charge in [0.1, 0.15) is 5.58 Å². The molecule has 0 atom stereocenters. The Kier molecular flexibility index (Phi) is 6.39. The summed E-state index contributed by atoms with van der Waals surface area (Å²) in [5.74, 6) is 1.80. The molecule has 0 amide bonds. The highest BCUT2D eigenvalue weighted by molar-refractivity contribution is 6.13. The smallest absolute Gasteiger partial charge is 0.227 e. The molecule has 0 aliphatic rings. The number of nitrogens with zero attached hydrogens (tertiary/aromatic N) is 4. The predicted octanol–water partition coefficient (Wildman–Crippen LogP) is 10.7. The maximum absolute atomic E-state index is 6.26. The number of furan rings is 1. The molecule has 0 N–H and O–H groups in total. The SMILES string of the molecule is c1ccc(-c2ccc(-c3ccc(-c4nc(-c5ccccc5)nc(-c5cccc6oc7nc8ccccc8cc7c56)n4)cc3)cc2)cc1. The minimum Gasteiger partial charge on any atom is -0.438 e. The van der Waals surface area contributed by atoms with Crippen molar-refractivity contribution in [1.82, 2.24) is 19.9 Å². The van der Waals surface area contributed by atoms with Gasteiger partial charge in [0.15, 0.2) is 17.5 Å². The van der Waals surface area contributed by atoms with Crippen molar-refractivity contribution in [2.75, 3.05) is 0 Å². The molecule has 3 aromatic heterocycles. The summed E-state index contributed by atoms with van der Waals surface area (Å²) in [5.41, 5.74) is 9.61. The second-order valence-corrected chi connectivity index (χ2v) is 11.5. The van der Waals surface area contributed by atoms with Crippen molar-refractivity contribution < 1.29 is 4.42 Å². The monoisotopic (exact) mass is 602 g/mol. The van der Waals surface area contributed by atoms with Crippen LogP contribution in [0.1, 0.15) is 0 Å². The first kappa shape index (κ1) is 26.9. The van der Waals surface area contributed by atoms with Gasteiger partial charge in [-0.1, -0.05) is 140 Å². The Morgan fingerprint density at radius 1 is 0.383 bits per heavy atom. The number of pyridine rings is 1. The van der Waals surface area contributed by atoms with E-state index in [-0.39, 0.29) is 0 Å². The van der Waals surface area contributed by atoms with Gasteiger partial charge in [0.05, 0.1) is 5.52 Å². The average Bonchev–Trinajstić information content (AvgIpc) is 3.52. The van der Waals surface area contributed by atoms with Gasteiger partial charge < -0.3 is 4.42 Å². The van der Waals surface area contributed by atoms with Crippen molar-refractivity contribution in [3.63, 3.8) is 0 Å². The molecule has 5 nitrogen and oxygen atoms in total. The third-order valence-corrected chi connectivity index (χ3v) is 8.57. The normalized spacial score (nSPS) is 11.4. The summed E-state index contributed by atoms with van der Waals surface area (Å²) in [7, 11) is 0. The van der Waals surface area contributed by atoms with Gasteiger partial charge in [-0.3, -0.25) is 0 Å². The molecule has 3 heterocycles. The minimum atomic E-state index is 0.580. The molecule has 47 heavy (non-hydrogen) atoms. The first-order chi connectivity index (χ1) is 23.3. The van der Waals surface area contributed by atoms with Crippen LogP contribution in [0.3, 0.4) is 0 Å². The molecule has 0 aliphatic carbocycles. The minimum absolute atomic E-state index is 0.580. The summed E-state index contributed by atoms with van der Waals surface area (Å²) < 4.78 is 6.26. The first-order valence-electron chi connectivity index (χ1n) is 15.6. The van der Waals surface area contributed by atoms with Crippen LogP contribution >= 0.6 is 0 Å². The van der Waals surface area contributed by atoms with Crippen molar-refractivity contribution >= 4 is 33.0 Å². The van der Waals surface area contributed by atoms with Gasteiger partial charge in [0, 0.05) is 32.8 Å². The number of rotatable bonds is 5. The van der Waals surface area contributed by atoms with Gasteiger partial charge in [0.25, 0.3) is 0 Å². The summed E-state index contributed by atoms with van der Waals surface area (Å²) in [6.45, 7) is 0. The molecule has 9 aromatic rings. The van der Waals surface area contributed by atoms with E-state index in [1.165, 1.54) is 11.1 Å². The van der Waals surface area contributed by atoms with Crippen LogP contribution in [0.25, 0.3) is 89.4 Å². The number of hydrogen-bond acceptors (Lipinski definition) is 5. The van der Waals surface area contributed by atoms with Crippen molar-refractivity contribution in [3.8, 4) is 56.4 Å². The van der Waals surface area contributed by atoms with E-state index in [9.17, 15) is 0 Å². The van der Waals surface area contributed by atoms with Gasteiger partial charge in [-0.15, -0.1) is 0 Å². The number of benzene rings is 6. The summed E-state index contributed by atoms with van der Waals surface area (Å²) >= 11 is 0. The van der Waals surface area contributed by atoms with Crippen molar-refractivity contribution in [2.24, 2.45) is 0 Å². The maximum atomic E-state index is 6.26. The molecule has 0 saturated carbocycles. The van der Waals surface area contributed by atoms with E-state index >= 15 is 0 Å². The van der Waals surface area contributed by atoms with E-state index in [1.54, 1.807) is 0 Å². The molecule has 0 fully saturated rings. The lowest BCUT2D eigenvalue weighted by Gasteiger charge is -2.10. The molecule has 0 unspecified atom stereocenters. The number of hydrogen-bond donors (Lipinski definition) is 0. The maximum Gasteiger partial charge on any atom is 0.227 e. The second-order valence-electron chi connectivity index (χ2n) is 11.5. The molecular weight excluding hydrogens is 576 g/mol. The fourth-order valence-electron chi connectivity index (χ4n) is 6.18. The van der Waals surface area contributed by atoms with Crippen LogP contribution in [0.4, 0.5) is 0 Å². The molecule has 5 heteroatoms. The van der Waals surface area contributed by atoms with Crippen molar-refractivity contribution in [2.45, 2.75) is 0 Å². The summed E-state index contributed by atoms with van der Waals surface area (Å²) in [5, 5.41) is 2.92. The summed E-state index contributed by atoms with van der Waals surface area (Å²) in [4.78, 5) is 19.8. The molecular formula is C42H26N4O. The van der Waals surface area contributed by atoms with Gasteiger partial charge in [0.2, 0.25) is 5.71 Å². The van der Waals surface area contributed by atoms with Gasteiger partial charge in [-0.05, 0) is 40.5 Å². The van der Waals surface area contributed by atoms with Crippen LogP contribution in [0.2, 0.25) is 0 Å². The molecule has 6 aromatic carbocycles. The largest absolute Gasteiger partial charge is 0.438 e. The highest BCUT2D eigenvalue weighted by atomic mass is 16.3. The lowest BCUT2D eigenvalue weighted by Crippen LogP contribution is -2.00. The molecule has 0 bridgehead atoms. The zero-order valence-corrected chi connectivity index (χ0v) is 25.2. The van der Waals surface area contributed by atoms with E-state index in [0.717, 1.165) is 55.1 Å². The Bertz CT molecular complexity index is 2540. The Morgan fingerprint density at radius 2 is 0.894 bits per heavy atom. The zero-order chi connectivity index (χ0) is 31.2. The molecule has 0 spiro atoms. The van der Waals surface area contributed by atoms with Crippen molar-refractivity contribution in [3.05, 3.63) is 158 Å². The Balaban J connectivity index is 1.16. The van der Waals surface area contributed by atoms with E-state index in [0.29, 0.717) is 23.2 Å². The molecule has 9 rings (SSSR count). The number of fused-ring (bicyclic) bond motifs is 4. The number of aromatic nitrogens is 4. The topological polar surface area (TPSA) is 64.7 Å². The zero-order valence-electron chi connectivity index (χ0n) is 25.2. The van der Waals surface area contributed by atoms with E-state index in [4.69, 9.17) is 24.4 Å². The Labute approximate surface area is 270 Å². The van der Waals surface area contributed by atoms with Crippen molar-refractivity contribution in [1.29, 1.82) is 0 Å². The van der Waals surface area contributed by atoms with Crippen LogP contribution < -0.4 is 0 Å². The van der Waals surface area contributed by atoms with Gasteiger partial charge in [-0.2, -0.15) is 0 Å². The summed E-state index contributed by atoms with van der Waals surface area (Å²) in [6.07, 6.45) is 0. The lowest BCUT2D eigenvalue weighted by molar-refractivity contribution is 0.656. The molecule has 0 radical (unpaired) electrons. The van der Waals surface area contributed by atoms with Crippen LogP contribution in [0.15, 0.2) is 162 Å².